The van der Waals surface area contributed by atoms with Gasteiger partial charge in [-0.3, -0.25) is 4.98 Å². The largest absolute Gasteiger partial charge is 0.433 e. The Hall–Kier alpha value is -3.08. The van der Waals surface area contributed by atoms with Crippen LogP contribution in [0.3, 0.4) is 0 Å². The van der Waals surface area contributed by atoms with Crippen LogP contribution in [-0.2, 0) is 17.5 Å². The Morgan fingerprint density at radius 2 is 2.13 bits per heavy atom. The highest BCUT2D eigenvalue weighted by Crippen LogP contribution is 2.31. The summed E-state index contributed by atoms with van der Waals surface area (Å²) in [6.07, 6.45) is 1.44. The van der Waals surface area contributed by atoms with Crippen LogP contribution in [0.15, 0.2) is 30.9 Å². The second kappa shape index (κ2) is 8.34. The molecule has 1 saturated heterocycles. The van der Waals surface area contributed by atoms with E-state index >= 15 is 0 Å². The van der Waals surface area contributed by atoms with E-state index in [-0.39, 0.29) is 18.2 Å². The van der Waals surface area contributed by atoms with Crippen molar-refractivity contribution in [3.63, 3.8) is 0 Å². The van der Waals surface area contributed by atoms with Crippen molar-refractivity contribution in [1.82, 2.24) is 24.9 Å². The molecule has 1 atom stereocenters. The van der Waals surface area contributed by atoms with Crippen molar-refractivity contribution in [3.8, 4) is 0 Å². The number of rotatable bonds is 6. The van der Waals surface area contributed by atoms with Crippen LogP contribution < -0.4 is 10.2 Å². The molecule has 0 spiro atoms. The Bertz CT molecular complexity index is 1030. The van der Waals surface area contributed by atoms with E-state index in [4.69, 9.17) is 4.74 Å². The van der Waals surface area contributed by atoms with Crippen LogP contribution in [0.4, 0.5) is 24.9 Å². The number of halogens is 3. The molecular formula is C19H20F3N7O. The van der Waals surface area contributed by atoms with Crippen LogP contribution in [-0.4, -0.2) is 51.2 Å². The predicted molar refractivity (Wildman–Crippen MR) is 104 cm³/mol. The maximum atomic E-state index is 13.3. The molecule has 158 valence electrons. The van der Waals surface area contributed by atoms with E-state index in [2.05, 4.69) is 30.2 Å². The van der Waals surface area contributed by atoms with E-state index in [9.17, 15) is 13.2 Å². The molecule has 1 fully saturated rings. The maximum Gasteiger partial charge on any atom is 0.433 e. The van der Waals surface area contributed by atoms with Gasteiger partial charge in [0, 0.05) is 38.2 Å². The van der Waals surface area contributed by atoms with E-state index in [1.54, 1.807) is 13.3 Å². The van der Waals surface area contributed by atoms with Crippen molar-refractivity contribution < 1.29 is 17.9 Å². The fourth-order valence-electron chi connectivity index (χ4n) is 3.60. The Balaban J connectivity index is 1.67. The monoisotopic (exact) mass is 419 g/mol. The van der Waals surface area contributed by atoms with Gasteiger partial charge in [-0.05, 0) is 18.9 Å². The van der Waals surface area contributed by atoms with E-state index in [0.29, 0.717) is 29.4 Å². The number of aromatic nitrogens is 5. The van der Waals surface area contributed by atoms with Crippen molar-refractivity contribution in [1.29, 1.82) is 0 Å². The highest BCUT2D eigenvalue weighted by molar-refractivity contribution is 5.86. The molecule has 3 aromatic heterocycles. The first-order chi connectivity index (χ1) is 14.5. The van der Waals surface area contributed by atoms with Gasteiger partial charge in [0.1, 0.15) is 17.8 Å². The number of hydrogen-bond acceptors (Lipinski definition) is 8. The molecule has 0 amide bonds. The van der Waals surface area contributed by atoms with Gasteiger partial charge >= 0.3 is 6.18 Å². The third-order valence-corrected chi connectivity index (χ3v) is 4.96. The van der Waals surface area contributed by atoms with Gasteiger partial charge < -0.3 is 15.0 Å². The second-order valence-electron chi connectivity index (χ2n) is 6.94. The number of alkyl halides is 3. The summed E-state index contributed by atoms with van der Waals surface area (Å²) in [5.41, 5.74) is -0.483. The third-order valence-electron chi connectivity index (χ3n) is 4.96. The van der Waals surface area contributed by atoms with Crippen LogP contribution in [0.25, 0.3) is 11.0 Å². The lowest BCUT2D eigenvalue weighted by atomic mass is 10.2. The molecule has 1 N–H and O–H groups in total. The first-order valence-electron chi connectivity index (χ1n) is 9.45. The molecule has 3 aromatic rings. The highest BCUT2D eigenvalue weighted by atomic mass is 19.4. The van der Waals surface area contributed by atoms with Crippen molar-refractivity contribution in [2.24, 2.45) is 0 Å². The summed E-state index contributed by atoms with van der Waals surface area (Å²) in [4.78, 5) is 22.9. The van der Waals surface area contributed by atoms with Crippen molar-refractivity contribution >= 4 is 22.8 Å². The molecule has 30 heavy (non-hydrogen) atoms. The van der Waals surface area contributed by atoms with Gasteiger partial charge in [0.25, 0.3) is 0 Å². The summed E-state index contributed by atoms with van der Waals surface area (Å²) < 4.78 is 45.1. The molecule has 0 aromatic carbocycles. The van der Waals surface area contributed by atoms with Crippen LogP contribution in [0.5, 0.6) is 0 Å². The summed E-state index contributed by atoms with van der Waals surface area (Å²) >= 11 is 0. The van der Waals surface area contributed by atoms with E-state index in [1.807, 2.05) is 4.90 Å². The highest BCUT2D eigenvalue weighted by Gasteiger charge is 2.35. The molecule has 4 heterocycles. The minimum Gasteiger partial charge on any atom is -0.383 e. The Morgan fingerprint density at radius 1 is 1.27 bits per heavy atom. The standard InChI is InChI=1S/C19H20F3N7O/c1-30-10-13-5-3-7-29(13)18-27-16(14-9-23-11-26-17(14)28-18)25-8-12-4-2-6-24-15(12)19(20,21)22/h2,4,6,9,11,13H,3,5,7-8,10H2,1H3,(H,23,25,26,27,28). The van der Waals surface area contributed by atoms with E-state index in [1.165, 1.54) is 18.5 Å². The maximum absolute atomic E-state index is 13.3. The zero-order chi connectivity index (χ0) is 21.1. The Labute approximate surface area is 170 Å². The SMILES string of the molecule is COCC1CCCN1c1nc(NCc2cccnc2C(F)(F)F)c2cncnc2n1. The van der Waals surface area contributed by atoms with E-state index in [0.717, 1.165) is 25.6 Å². The number of nitrogens with zero attached hydrogens (tertiary/aromatic N) is 6. The number of fused-ring (bicyclic) bond motifs is 1. The zero-order valence-corrected chi connectivity index (χ0v) is 16.2. The van der Waals surface area contributed by atoms with Gasteiger partial charge in [-0.25, -0.2) is 9.97 Å². The summed E-state index contributed by atoms with van der Waals surface area (Å²) in [5, 5.41) is 3.53. The lowest BCUT2D eigenvalue weighted by Crippen LogP contribution is -2.34. The normalized spacial score (nSPS) is 16.9. The van der Waals surface area contributed by atoms with Crippen LogP contribution in [0.2, 0.25) is 0 Å². The molecule has 1 unspecified atom stereocenters. The van der Waals surface area contributed by atoms with Gasteiger partial charge in [-0.2, -0.15) is 23.1 Å². The number of pyridine rings is 1. The molecule has 0 bridgehead atoms. The minimum absolute atomic E-state index is 0.0218. The summed E-state index contributed by atoms with van der Waals surface area (Å²) in [5.74, 6) is 0.834. The molecule has 0 radical (unpaired) electrons. The van der Waals surface area contributed by atoms with Crippen LogP contribution in [0, 0.1) is 0 Å². The van der Waals surface area contributed by atoms with E-state index < -0.39 is 11.9 Å². The third kappa shape index (κ3) is 4.11. The lowest BCUT2D eigenvalue weighted by Gasteiger charge is -2.24. The first kappa shape index (κ1) is 20.2. The molecule has 8 nitrogen and oxygen atoms in total. The average molecular weight is 419 g/mol. The Morgan fingerprint density at radius 3 is 2.93 bits per heavy atom. The summed E-state index contributed by atoms with van der Waals surface area (Å²) in [6, 6.07) is 2.99. The number of hydrogen-bond donors (Lipinski definition) is 1. The number of methoxy groups -OCH3 is 1. The van der Waals surface area contributed by atoms with Crippen molar-refractivity contribution in [2.45, 2.75) is 31.6 Å². The van der Waals surface area contributed by atoms with Gasteiger partial charge in [0.05, 0.1) is 18.0 Å². The fraction of sp³-hybridized carbons (Fsp3) is 0.421. The van der Waals surface area contributed by atoms with Crippen LogP contribution in [0.1, 0.15) is 24.1 Å². The van der Waals surface area contributed by atoms with Crippen molar-refractivity contribution in [2.75, 3.05) is 30.5 Å². The zero-order valence-electron chi connectivity index (χ0n) is 16.2. The molecule has 1 aliphatic rings. The van der Waals surface area contributed by atoms with Gasteiger partial charge in [0.15, 0.2) is 5.65 Å². The fourth-order valence-corrected chi connectivity index (χ4v) is 3.60. The van der Waals surface area contributed by atoms with Gasteiger partial charge in [-0.1, -0.05) is 6.07 Å². The quantitative estimate of drug-likeness (QED) is 0.652. The topological polar surface area (TPSA) is 89.0 Å². The lowest BCUT2D eigenvalue weighted by molar-refractivity contribution is -0.141. The molecule has 11 heteroatoms. The van der Waals surface area contributed by atoms with Crippen LogP contribution >= 0.6 is 0 Å². The summed E-state index contributed by atoms with van der Waals surface area (Å²) in [7, 11) is 1.64. The van der Waals surface area contributed by atoms with Gasteiger partial charge in [0.2, 0.25) is 5.95 Å². The smallest absolute Gasteiger partial charge is 0.383 e. The summed E-state index contributed by atoms with van der Waals surface area (Å²) in [6.45, 7) is 1.20. The molecule has 0 saturated carbocycles. The predicted octanol–water partition coefficient (Wildman–Crippen LogP) is 3.06. The molecular weight excluding hydrogens is 399 g/mol. The molecule has 4 rings (SSSR count). The number of nitrogens with one attached hydrogen (secondary N) is 1. The molecule has 0 aliphatic carbocycles. The minimum atomic E-state index is -4.54. The van der Waals surface area contributed by atoms with Crippen molar-refractivity contribution in [3.05, 3.63) is 42.1 Å². The number of anilines is 2. The first-order valence-corrected chi connectivity index (χ1v) is 9.45. The number of ether oxygens (including phenoxy) is 1. The molecule has 1 aliphatic heterocycles. The average Bonchev–Trinajstić information content (AvgIpc) is 3.20. The van der Waals surface area contributed by atoms with Gasteiger partial charge in [-0.15, -0.1) is 0 Å². The Kier molecular flexibility index (Phi) is 5.62. The second-order valence-corrected chi connectivity index (χ2v) is 6.94.